The molecule has 2 aliphatic rings. The average molecular weight is 707 g/mol. The van der Waals surface area contributed by atoms with Crippen molar-refractivity contribution in [3.8, 4) is 17.2 Å². The number of nitrogens with zero attached hydrogens (tertiary/aromatic N) is 8. The van der Waals surface area contributed by atoms with Crippen molar-refractivity contribution in [1.29, 1.82) is 0 Å². The molecule has 0 unspecified atom stereocenters. The van der Waals surface area contributed by atoms with E-state index in [1.165, 1.54) is 6.42 Å². The first-order chi connectivity index (χ1) is 25.0. The minimum atomic E-state index is -0.315. The first-order valence-electron chi connectivity index (χ1n) is 18.3. The van der Waals surface area contributed by atoms with Crippen LogP contribution in [0.25, 0.3) is 11.3 Å². The number of pyridine rings is 2. The van der Waals surface area contributed by atoms with E-state index in [2.05, 4.69) is 75.4 Å². The molecule has 1 aliphatic heterocycles. The van der Waals surface area contributed by atoms with Gasteiger partial charge in [-0.3, -0.25) is 14.7 Å². The molecule has 1 aromatic carbocycles. The van der Waals surface area contributed by atoms with Gasteiger partial charge >= 0.3 is 6.03 Å². The molecule has 1 fully saturated rings. The zero-order valence-corrected chi connectivity index (χ0v) is 31.0. The van der Waals surface area contributed by atoms with Crippen LogP contribution in [0.5, 0.6) is 11.5 Å². The Morgan fingerprint density at radius 3 is 2.60 bits per heavy atom. The van der Waals surface area contributed by atoms with E-state index in [0.29, 0.717) is 36.3 Å². The Kier molecular flexibility index (Phi) is 10.0. The van der Waals surface area contributed by atoms with Gasteiger partial charge < -0.3 is 24.6 Å². The lowest BCUT2D eigenvalue weighted by Gasteiger charge is -2.33. The molecule has 52 heavy (non-hydrogen) atoms. The van der Waals surface area contributed by atoms with Gasteiger partial charge in [-0.15, -0.1) is 10.2 Å². The lowest BCUT2D eigenvalue weighted by Crippen LogP contribution is -2.38. The molecule has 0 radical (unpaired) electrons. The number of amides is 2. The van der Waals surface area contributed by atoms with Crippen LogP contribution in [0.3, 0.4) is 0 Å². The van der Waals surface area contributed by atoms with Gasteiger partial charge in [0.05, 0.1) is 36.0 Å². The SMILES string of the molecule is C[C@H]1CCCCN1c1nnc2ccc(O[C@@H]3CC[C@H](NC(=O)Nc4cc(C(C)(C)C)nn4-c4cncc(OCCN(C)C)c4)c4ccccc43)cn12. The predicted molar refractivity (Wildman–Crippen MR) is 202 cm³/mol. The number of likely N-dealkylation sites (N-methyl/N-ethyl adjacent to an activating group) is 1. The molecule has 2 N–H and O–H groups in total. The summed E-state index contributed by atoms with van der Waals surface area (Å²) >= 11 is 0. The number of ether oxygens (including phenoxy) is 2. The Balaban J connectivity index is 1.07. The van der Waals surface area contributed by atoms with Gasteiger partial charge in [-0.1, -0.05) is 45.0 Å². The molecule has 0 spiro atoms. The van der Waals surface area contributed by atoms with Gasteiger partial charge in [-0.05, 0) is 76.4 Å². The molecule has 13 nitrogen and oxygen atoms in total. The zero-order valence-electron chi connectivity index (χ0n) is 31.0. The van der Waals surface area contributed by atoms with E-state index in [4.69, 9.17) is 14.6 Å². The summed E-state index contributed by atoms with van der Waals surface area (Å²) in [4.78, 5) is 22.5. The van der Waals surface area contributed by atoms with Crippen LogP contribution in [0.15, 0.2) is 67.1 Å². The van der Waals surface area contributed by atoms with Gasteiger partial charge in [0, 0.05) is 36.7 Å². The number of carbonyl (C=O) groups excluding carboxylic acids is 1. The van der Waals surface area contributed by atoms with Gasteiger partial charge in [0.15, 0.2) is 5.65 Å². The highest BCUT2D eigenvalue weighted by Crippen LogP contribution is 2.39. The predicted octanol–water partition coefficient (Wildman–Crippen LogP) is 6.70. The smallest absolute Gasteiger partial charge is 0.320 e. The third-order valence-corrected chi connectivity index (χ3v) is 9.91. The van der Waals surface area contributed by atoms with Crippen LogP contribution in [0, 0.1) is 0 Å². The molecule has 5 heterocycles. The first kappa shape index (κ1) is 35.2. The number of benzene rings is 1. The number of hydrogen-bond donors (Lipinski definition) is 2. The summed E-state index contributed by atoms with van der Waals surface area (Å²) in [6, 6.07) is 15.8. The molecule has 2 amide bonds. The maximum atomic E-state index is 13.7. The van der Waals surface area contributed by atoms with Crippen LogP contribution < -0.4 is 25.0 Å². The van der Waals surface area contributed by atoms with Crippen LogP contribution in [0.1, 0.15) is 88.8 Å². The Morgan fingerprint density at radius 1 is 0.981 bits per heavy atom. The van der Waals surface area contributed by atoms with Gasteiger partial charge in [-0.25, -0.2) is 9.48 Å². The van der Waals surface area contributed by atoms with E-state index in [1.54, 1.807) is 17.1 Å². The zero-order chi connectivity index (χ0) is 36.4. The normalized spacial score (nSPS) is 19.1. The van der Waals surface area contributed by atoms with Crippen LogP contribution in [0.4, 0.5) is 16.6 Å². The van der Waals surface area contributed by atoms with Crippen molar-refractivity contribution in [3.63, 3.8) is 0 Å². The third-order valence-electron chi connectivity index (χ3n) is 9.91. The summed E-state index contributed by atoms with van der Waals surface area (Å²) < 4.78 is 16.4. The molecular weight excluding hydrogens is 656 g/mol. The van der Waals surface area contributed by atoms with E-state index in [1.807, 2.05) is 61.1 Å². The summed E-state index contributed by atoms with van der Waals surface area (Å²) in [6.07, 6.45) is 10.2. The average Bonchev–Trinajstić information content (AvgIpc) is 3.74. The Morgan fingerprint density at radius 2 is 1.81 bits per heavy atom. The van der Waals surface area contributed by atoms with Crippen LogP contribution >= 0.6 is 0 Å². The Hall–Kier alpha value is -5.17. The summed E-state index contributed by atoms with van der Waals surface area (Å²) in [5.41, 5.74) is 4.19. The fraction of sp³-hybridized carbons (Fsp3) is 0.462. The fourth-order valence-corrected chi connectivity index (χ4v) is 7.00. The van der Waals surface area contributed by atoms with Gasteiger partial charge in [0.25, 0.3) is 0 Å². The molecule has 3 atom stereocenters. The van der Waals surface area contributed by atoms with E-state index in [9.17, 15) is 4.79 Å². The van der Waals surface area contributed by atoms with Crippen LogP contribution in [-0.2, 0) is 5.41 Å². The van der Waals surface area contributed by atoms with Crippen molar-refractivity contribution in [2.75, 3.05) is 44.0 Å². The molecule has 0 bridgehead atoms. The number of aromatic nitrogens is 6. The Labute approximate surface area is 305 Å². The molecule has 4 aromatic heterocycles. The number of fused-ring (bicyclic) bond motifs is 2. The molecule has 1 saturated heterocycles. The molecule has 13 heteroatoms. The fourth-order valence-electron chi connectivity index (χ4n) is 7.00. The van der Waals surface area contributed by atoms with Gasteiger partial charge in [-0.2, -0.15) is 5.10 Å². The van der Waals surface area contributed by atoms with E-state index < -0.39 is 0 Å². The molecule has 274 valence electrons. The number of piperidine rings is 1. The monoisotopic (exact) mass is 706 g/mol. The van der Waals surface area contributed by atoms with Crippen molar-refractivity contribution in [3.05, 3.63) is 83.9 Å². The molecule has 7 rings (SSSR count). The Bertz CT molecular complexity index is 2010. The molecular formula is C39H50N10O3. The van der Waals surface area contributed by atoms with Crippen LogP contribution in [-0.4, -0.2) is 80.1 Å². The van der Waals surface area contributed by atoms with Gasteiger partial charge in [0.2, 0.25) is 5.95 Å². The van der Waals surface area contributed by atoms with Crippen molar-refractivity contribution < 1.29 is 14.3 Å². The van der Waals surface area contributed by atoms with E-state index >= 15 is 0 Å². The highest BCUT2D eigenvalue weighted by Gasteiger charge is 2.31. The van der Waals surface area contributed by atoms with E-state index in [-0.39, 0.29) is 23.6 Å². The number of nitrogens with one attached hydrogen (secondary N) is 2. The maximum absolute atomic E-state index is 13.7. The largest absolute Gasteiger partial charge is 0.491 e. The number of urea groups is 1. The minimum absolute atomic E-state index is 0.168. The van der Waals surface area contributed by atoms with E-state index in [0.717, 1.165) is 66.5 Å². The van der Waals surface area contributed by atoms with Crippen molar-refractivity contribution in [2.24, 2.45) is 0 Å². The standard InChI is InChI=1S/C39H50N10O3/c1-26-11-9-10-18-47(26)38-44-43-35-17-14-28(25-48(35)38)52-33-16-15-32(30-12-7-8-13-31(30)33)41-37(50)42-36-22-34(39(2,3)4)45-49(36)27-21-29(24-40-23-27)51-20-19-46(5)6/h7-8,12-14,17,21-26,32-33H,9-11,15-16,18-20H2,1-6H3,(H2,41,42,50)/t26-,32-,33+/m0/s1. The lowest BCUT2D eigenvalue weighted by atomic mass is 9.85. The topological polar surface area (TPSA) is 127 Å². The summed E-state index contributed by atoms with van der Waals surface area (Å²) in [5, 5.41) is 20.2. The molecule has 5 aromatic rings. The number of rotatable bonds is 10. The lowest BCUT2D eigenvalue weighted by molar-refractivity contribution is 0.171. The number of hydrogen-bond acceptors (Lipinski definition) is 9. The number of anilines is 2. The number of carbonyl (C=O) groups is 1. The molecule has 0 saturated carbocycles. The second kappa shape index (κ2) is 14.8. The van der Waals surface area contributed by atoms with Crippen molar-refractivity contribution >= 4 is 23.4 Å². The summed E-state index contributed by atoms with van der Waals surface area (Å²) in [5.74, 6) is 2.80. The van der Waals surface area contributed by atoms with Crippen LogP contribution in [0.2, 0.25) is 0 Å². The summed E-state index contributed by atoms with van der Waals surface area (Å²) in [7, 11) is 4.01. The van der Waals surface area contributed by atoms with Crippen molar-refractivity contribution in [1.82, 2.24) is 39.6 Å². The second-order valence-electron chi connectivity index (χ2n) is 15.2. The first-order valence-corrected chi connectivity index (χ1v) is 18.3. The highest BCUT2D eigenvalue weighted by atomic mass is 16.5. The maximum Gasteiger partial charge on any atom is 0.320 e. The minimum Gasteiger partial charge on any atom is -0.491 e. The third kappa shape index (κ3) is 7.69. The molecule has 1 aliphatic carbocycles. The quantitative estimate of drug-likeness (QED) is 0.163. The second-order valence-corrected chi connectivity index (χ2v) is 15.2. The highest BCUT2D eigenvalue weighted by molar-refractivity contribution is 5.89. The van der Waals surface area contributed by atoms with Crippen molar-refractivity contribution in [2.45, 2.75) is 83.4 Å². The van der Waals surface area contributed by atoms with Gasteiger partial charge in [0.1, 0.15) is 30.0 Å². The summed E-state index contributed by atoms with van der Waals surface area (Å²) in [6.45, 7) is 10.8.